The minimum atomic E-state index is -0.946. The SMILES string of the molecule is Cc1[nH]c(=O)[nH]c(=O)c1C1NC(C(=O)O)CS1. The van der Waals surface area contributed by atoms with Gasteiger partial charge in [0.1, 0.15) is 6.04 Å². The van der Waals surface area contributed by atoms with E-state index in [0.29, 0.717) is 17.0 Å². The highest BCUT2D eigenvalue weighted by atomic mass is 32.2. The Morgan fingerprint density at radius 1 is 1.41 bits per heavy atom. The van der Waals surface area contributed by atoms with Gasteiger partial charge in [-0.1, -0.05) is 0 Å². The van der Waals surface area contributed by atoms with Crippen LogP contribution in [0.25, 0.3) is 0 Å². The molecule has 0 aliphatic carbocycles. The zero-order valence-corrected chi connectivity index (χ0v) is 9.76. The molecule has 1 aromatic heterocycles. The van der Waals surface area contributed by atoms with E-state index in [-0.39, 0.29) is 0 Å². The number of thioether (sulfide) groups is 1. The lowest BCUT2D eigenvalue weighted by atomic mass is 10.2. The molecule has 17 heavy (non-hydrogen) atoms. The van der Waals surface area contributed by atoms with Crippen LogP contribution in [-0.4, -0.2) is 32.8 Å². The second-order valence-corrected chi connectivity index (χ2v) is 4.86. The Morgan fingerprint density at radius 3 is 2.65 bits per heavy atom. The van der Waals surface area contributed by atoms with E-state index in [1.165, 1.54) is 11.8 Å². The molecule has 1 aliphatic rings. The van der Waals surface area contributed by atoms with Crippen molar-refractivity contribution < 1.29 is 9.90 Å². The van der Waals surface area contributed by atoms with Gasteiger partial charge in [0, 0.05) is 11.4 Å². The summed E-state index contributed by atoms with van der Waals surface area (Å²) < 4.78 is 0. The van der Waals surface area contributed by atoms with E-state index in [1.54, 1.807) is 6.92 Å². The number of aliphatic carboxylic acids is 1. The minimum absolute atomic E-state index is 0.373. The zero-order valence-electron chi connectivity index (χ0n) is 8.94. The second kappa shape index (κ2) is 4.38. The predicted molar refractivity (Wildman–Crippen MR) is 62.2 cm³/mol. The third kappa shape index (κ3) is 2.27. The first kappa shape index (κ1) is 11.9. The molecular weight excluding hydrogens is 246 g/mol. The number of aryl methyl sites for hydroxylation is 1. The Balaban J connectivity index is 2.34. The molecule has 2 unspecified atom stereocenters. The highest BCUT2D eigenvalue weighted by Gasteiger charge is 2.32. The lowest BCUT2D eigenvalue weighted by Gasteiger charge is -2.12. The van der Waals surface area contributed by atoms with Crippen molar-refractivity contribution in [3.63, 3.8) is 0 Å². The molecule has 1 saturated heterocycles. The standard InChI is InChI=1S/C9H11N3O4S/c1-3-5(6(13)12-9(16)10-3)7-11-4(2-17-7)8(14)15/h4,7,11H,2H2,1H3,(H,14,15)(H2,10,12,13,16). The van der Waals surface area contributed by atoms with Crippen molar-refractivity contribution in [2.45, 2.75) is 18.3 Å². The van der Waals surface area contributed by atoms with Crippen LogP contribution >= 0.6 is 11.8 Å². The molecule has 2 rings (SSSR count). The average molecular weight is 257 g/mol. The maximum Gasteiger partial charge on any atom is 0.325 e. The summed E-state index contributed by atoms with van der Waals surface area (Å²) in [5, 5.41) is 11.3. The maximum atomic E-state index is 11.6. The van der Waals surface area contributed by atoms with Crippen LogP contribution in [0.1, 0.15) is 16.6 Å². The molecule has 0 spiro atoms. The van der Waals surface area contributed by atoms with Crippen LogP contribution in [0.5, 0.6) is 0 Å². The number of H-pyrrole nitrogens is 2. The molecule has 2 atom stereocenters. The highest BCUT2D eigenvalue weighted by molar-refractivity contribution is 7.99. The fourth-order valence-electron chi connectivity index (χ4n) is 1.71. The van der Waals surface area contributed by atoms with E-state index >= 15 is 0 Å². The smallest absolute Gasteiger partial charge is 0.325 e. The van der Waals surface area contributed by atoms with Gasteiger partial charge in [-0.25, -0.2) is 4.79 Å². The summed E-state index contributed by atoms with van der Waals surface area (Å²) in [6.07, 6.45) is 0. The first-order chi connectivity index (χ1) is 7.99. The molecule has 0 amide bonds. The molecule has 8 heteroatoms. The molecule has 0 aromatic carbocycles. The van der Waals surface area contributed by atoms with Crippen LogP contribution in [0.3, 0.4) is 0 Å². The van der Waals surface area contributed by atoms with Crippen molar-refractivity contribution in [1.29, 1.82) is 0 Å². The van der Waals surface area contributed by atoms with Gasteiger partial charge in [0.25, 0.3) is 5.56 Å². The highest BCUT2D eigenvalue weighted by Crippen LogP contribution is 2.31. The third-order valence-electron chi connectivity index (χ3n) is 2.52. The first-order valence-corrected chi connectivity index (χ1v) is 5.97. The number of hydrogen-bond acceptors (Lipinski definition) is 5. The average Bonchev–Trinajstić information content (AvgIpc) is 2.65. The summed E-state index contributed by atoms with van der Waals surface area (Å²) in [7, 11) is 0. The van der Waals surface area contributed by atoms with E-state index in [4.69, 9.17) is 5.11 Å². The van der Waals surface area contributed by atoms with E-state index < -0.39 is 28.6 Å². The van der Waals surface area contributed by atoms with Crippen molar-refractivity contribution in [2.24, 2.45) is 0 Å². The molecule has 7 nitrogen and oxygen atoms in total. The quantitative estimate of drug-likeness (QED) is 0.549. The van der Waals surface area contributed by atoms with Gasteiger partial charge in [0.2, 0.25) is 0 Å². The molecule has 1 fully saturated rings. The Bertz CT molecular complexity index is 564. The van der Waals surface area contributed by atoms with Gasteiger partial charge >= 0.3 is 11.7 Å². The summed E-state index contributed by atoms with van der Waals surface area (Å²) >= 11 is 1.33. The fourth-order valence-corrected chi connectivity index (χ4v) is 3.04. The molecule has 0 bridgehead atoms. The summed E-state index contributed by atoms with van der Waals surface area (Å²) in [5.41, 5.74) is -0.218. The molecule has 92 valence electrons. The van der Waals surface area contributed by atoms with Gasteiger partial charge in [-0.15, -0.1) is 11.8 Å². The number of hydrogen-bond donors (Lipinski definition) is 4. The van der Waals surface area contributed by atoms with E-state index in [1.807, 2.05) is 0 Å². The van der Waals surface area contributed by atoms with E-state index in [2.05, 4.69) is 15.3 Å². The predicted octanol–water partition coefficient (Wildman–Crippen LogP) is -0.840. The van der Waals surface area contributed by atoms with Crippen molar-refractivity contribution >= 4 is 17.7 Å². The number of nitrogens with one attached hydrogen (secondary N) is 3. The van der Waals surface area contributed by atoms with Crippen LogP contribution in [0.15, 0.2) is 9.59 Å². The molecule has 1 aromatic rings. The largest absolute Gasteiger partial charge is 0.480 e. The van der Waals surface area contributed by atoms with E-state index in [0.717, 1.165) is 0 Å². The zero-order chi connectivity index (χ0) is 12.6. The van der Waals surface area contributed by atoms with Gasteiger partial charge in [-0.3, -0.25) is 19.9 Å². The van der Waals surface area contributed by atoms with Crippen molar-refractivity contribution in [3.8, 4) is 0 Å². The van der Waals surface area contributed by atoms with Crippen LogP contribution < -0.4 is 16.6 Å². The summed E-state index contributed by atoms with van der Waals surface area (Å²) in [6.45, 7) is 1.61. The van der Waals surface area contributed by atoms with Crippen molar-refractivity contribution in [3.05, 3.63) is 32.1 Å². The topological polar surface area (TPSA) is 115 Å². The Morgan fingerprint density at radius 2 is 2.12 bits per heavy atom. The number of carboxylic acid groups (broad SMARTS) is 1. The van der Waals surface area contributed by atoms with Gasteiger partial charge in [0.15, 0.2) is 0 Å². The maximum absolute atomic E-state index is 11.6. The molecule has 4 N–H and O–H groups in total. The number of aromatic amines is 2. The second-order valence-electron chi connectivity index (χ2n) is 3.72. The number of rotatable bonds is 2. The van der Waals surface area contributed by atoms with Gasteiger partial charge < -0.3 is 10.1 Å². The molecule has 0 saturated carbocycles. The molecule has 1 aliphatic heterocycles. The van der Waals surface area contributed by atoms with Gasteiger partial charge in [-0.2, -0.15) is 0 Å². The number of carboxylic acids is 1. The summed E-state index contributed by atoms with van der Waals surface area (Å²) in [4.78, 5) is 38.1. The lowest BCUT2D eigenvalue weighted by Crippen LogP contribution is -2.36. The van der Waals surface area contributed by atoms with Gasteiger partial charge in [0.05, 0.1) is 10.9 Å². The molecular formula is C9H11N3O4S. The van der Waals surface area contributed by atoms with Crippen molar-refractivity contribution in [2.75, 3.05) is 5.75 Å². The Kier molecular flexibility index (Phi) is 3.07. The van der Waals surface area contributed by atoms with E-state index in [9.17, 15) is 14.4 Å². The third-order valence-corrected chi connectivity index (χ3v) is 3.75. The molecule has 0 radical (unpaired) electrons. The van der Waals surface area contributed by atoms with Crippen LogP contribution in [0, 0.1) is 6.92 Å². The van der Waals surface area contributed by atoms with Gasteiger partial charge in [-0.05, 0) is 6.92 Å². The number of carbonyl (C=O) groups is 1. The summed E-state index contributed by atoms with van der Waals surface area (Å²) in [5.74, 6) is -0.559. The van der Waals surface area contributed by atoms with Crippen LogP contribution in [0.2, 0.25) is 0 Å². The Hall–Kier alpha value is -1.54. The van der Waals surface area contributed by atoms with Crippen molar-refractivity contribution in [1.82, 2.24) is 15.3 Å². The normalized spacial score (nSPS) is 23.8. The van der Waals surface area contributed by atoms with Crippen LogP contribution in [0.4, 0.5) is 0 Å². The molecule has 2 heterocycles. The first-order valence-electron chi connectivity index (χ1n) is 4.92. The minimum Gasteiger partial charge on any atom is -0.480 e. The van der Waals surface area contributed by atoms with Crippen LogP contribution in [-0.2, 0) is 4.79 Å². The monoisotopic (exact) mass is 257 g/mol. The lowest BCUT2D eigenvalue weighted by molar-refractivity contribution is -0.138. The number of aromatic nitrogens is 2. The fraction of sp³-hybridized carbons (Fsp3) is 0.444. The Labute approximate surface area is 99.6 Å². The summed E-state index contributed by atoms with van der Waals surface area (Å²) in [6, 6.07) is -0.671.